The first-order valence-electron chi connectivity index (χ1n) is 6.88. The highest BCUT2D eigenvalue weighted by atomic mass is 16.2. The van der Waals surface area contributed by atoms with Crippen LogP contribution < -0.4 is 5.73 Å². The second kappa shape index (κ2) is 5.36. The maximum absolute atomic E-state index is 12.2. The Bertz CT molecular complexity index is 282. The summed E-state index contributed by atoms with van der Waals surface area (Å²) in [6, 6.07) is 0.930. The van der Waals surface area contributed by atoms with Gasteiger partial charge in [0, 0.05) is 37.6 Å². The molecule has 2 aliphatic rings. The van der Waals surface area contributed by atoms with Gasteiger partial charge in [-0.25, -0.2) is 0 Å². The van der Waals surface area contributed by atoms with E-state index in [2.05, 4.69) is 16.7 Å². The average molecular weight is 239 g/mol. The van der Waals surface area contributed by atoms with Gasteiger partial charge in [0.25, 0.3) is 0 Å². The quantitative estimate of drug-likeness (QED) is 0.770. The van der Waals surface area contributed by atoms with Gasteiger partial charge in [0.15, 0.2) is 0 Å². The molecule has 2 heterocycles. The van der Waals surface area contributed by atoms with Crippen LogP contribution in [0.2, 0.25) is 0 Å². The van der Waals surface area contributed by atoms with Gasteiger partial charge in [-0.05, 0) is 26.3 Å². The summed E-state index contributed by atoms with van der Waals surface area (Å²) < 4.78 is 0. The molecule has 0 aliphatic carbocycles. The van der Waals surface area contributed by atoms with Crippen LogP contribution in [-0.4, -0.2) is 54.0 Å². The van der Waals surface area contributed by atoms with E-state index in [0.29, 0.717) is 18.6 Å². The fourth-order valence-electron chi connectivity index (χ4n) is 3.04. The molecule has 0 spiro atoms. The smallest absolute Gasteiger partial charge is 0.227 e. The lowest BCUT2D eigenvalue weighted by Crippen LogP contribution is -2.61. The first-order chi connectivity index (χ1) is 8.13. The lowest BCUT2D eigenvalue weighted by Gasteiger charge is -2.48. The normalized spacial score (nSPS) is 32.1. The van der Waals surface area contributed by atoms with Crippen LogP contribution in [0, 0.1) is 5.92 Å². The van der Waals surface area contributed by atoms with E-state index in [-0.39, 0.29) is 11.8 Å². The van der Waals surface area contributed by atoms with Crippen LogP contribution in [0.5, 0.6) is 0 Å². The topological polar surface area (TPSA) is 49.6 Å². The summed E-state index contributed by atoms with van der Waals surface area (Å²) in [4.78, 5) is 16.9. The SMILES string of the molecule is CC(CN)C(=O)N1CC2CCCCN2CC1C. The Labute approximate surface area is 104 Å². The zero-order valence-corrected chi connectivity index (χ0v) is 11.1. The maximum Gasteiger partial charge on any atom is 0.227 e. The summed E-state index contributed by atoms with van der Waals surface area (Å²) in [5.74, 6) is 0.206. The Hall–Kier alpha value is -0.610. The molecule has 98 valence electrons. The average Bonchev–Trinajstić information content (AvgIpc) is 2.36. The van der Waals surface area contributed by atoms with E-state index in [0.717, 1.165) is 13.1 Å². The molecule has 1 amide bonds. The molecule has 4 heteroatoms. The van der Waals surface area contributed by atoms with Gasteiger partial charge in [-0.3, -0.25) is 9.69 Å². The number of rotatable bonds is 2. The molecule has 4 nitrogen and oxygen atoms in total. The fraction of sp³-hybridized carbons (Fsp3) is 0.923. The minimum absolute atomic E-state index is 0.0346. The standard InChI is InChI=1S/C13H25N3O/c1-10(7-14)13(17)16-9-12-5-3-4-6-15(12)8-11(16)2/h10-12H,3-9,14H2,1-2H3. The predicted molar refractivity (Wildman–Crippen MR) is 68.6 cm³/mol. The largest absolute Gasteiger partial charge is 0.337 e. The fourth-order valence-corrected chi connectivity index (χ4v) is 3.04. The van der Waals surface area contributed by atoms with Crippen molar-refractivity contribution < 1.29 is 4.79 Å². The highest BCUT2D eigenvalue weighted by Gasteiger charge is 2.36. The Morgan fingerprint density at radius 3 is 2.88 bits per heavy atom. The molecule has 2 fully saturated rings. The van der Waals surface area contributed by atoms with Crippen molar-refractivity contribution in [1.82, 2.24) is 9.80 Å². The summed E-state index contributed by atoms with van der Waals surface area (Å²) in [5.41, 5.74) is 5.60. The van der Waals surface area contributed by atoms with Gasteiger partial charge in [0.1, 0.15) is 0 Å². The summed E-state index contributed by atoms with van der Waals surface area (Å²) in [6.45, 7) is 7.70. The van der Waals surface area contributed by atoms with Gasteiger partial charge in [0.05, 0.1) is 0 Å². The van der Waals surface area contributed by atoms with Crippen molar-refractivity contribution in [2.75, 3.05) is 26.2 Å². The predicted octanol–water partition coefficient (Wildman–Crippen LogP) is 0.666. The zero-order valence-electron chi connectivity index (χ0n) is 11.1. The number of carbonyl (C=O) groups excluding carboxylic acids is 1. The molecule has 3 unspecified atom stereocenters. The third-order valence-corrected chi connectivity index (χ3v) is 4.25. The number of amides is 1. The molecule has 0 bridgehead atoms. The number of nitrogens with zero attached hydrogens (tertiary/aromatic N) is 2. The summed E-state index contributed by atoms with van der Waals surface area (Å²) in [6.07, 6.45) is 3.87. The summed E-state index contributed by atoms with van der Waals surface area (Å²) in [7, 11) is 0. The van der Waals surface area contributed by atoms with Crippen LogP contribution in [0.4, 0.5) is 0 Å². The van der Waals surface area contributed by atoms with Gasteiger partial charge >= 0.3 is 0 Å². The van der Waals surface area contributed by atoms with E-state index in [9.17, 15) is 4.79 Å². The second-order valence-electron chi connectivity index (χ2n) is 5.62. The molecule has 0 aromatic rings. The van der Waals surface area contributed by atoms with Crippen molar-refractivity contribution in [2.24, 2.45) is 11.7 Å². The van der Waals surface area contributed by atoms with Crippen molar-refractivity contribution in [3.8, 4) is 0 Å². The van der Waals surface area contributed by atoms with E-state index < -0.39 is 0 Å². The summed E-state index contributed by atoms with van der Waals surface area (Å²) in [5, 5.41) is 0. The maximum atomic E-state index is 12.2. The van der Waals surface area contributed by atoms with Crippen LogP contribution in [0.1, 0.15) is 33.1 Å². The molecule has 2 rings (SSSR count). The molecule has 2 N–H and O–H groups in total. The molecule has 2 saturated heterocycles. The van der Waals surface area contributed by atoms with Crippen molar-refractivity contribution >= 4 is 5.91 Å². The highest BCUT2D eigenvalue weighted by molar-refractivity contribution is 5.79. The van der Waals surface area contributed by atoms with Crippen LogP contribution in [0.25, 0.3) is 0 Å². The van der Waals surface area contributed by atoms with Gasteiger partial charge in [0.2, 0.25) is 5.91 Å². The minimum Gasteiger partial charge on any atom is -0.337 e. The van der Waals surface area contributed by atoms with E-state index >= 15 is 0 Å². The minimum atomic E-state index is -0.0346. The lowest BCUT2D eigenvalue weighted by molar-refractivity contribution is -0.141. The molecular formula is C13H25N3O. The van der Waals surface area contributed by atoms with Gasteiger partial charge < -0.3 is 10.6 Å². The van der Waals surface area contributed by atoms with Gasteiger partial charge in [-0.2, -0.15) is 0 Å². The van der Waals surface area contributed by atoms with Gasteiger partial charge in [-0.15, -0.1) is 0 Å². The van der Waals surface area contributed by atoms with Crippen molar-refractivity contribution in [2.45, 2.75) is 45.2 Å². The Morgan fingerprint density at radius 2 is 2.18 bits per heavy atom. The van der Waals surface area contributed by atoms with E-state index in [1.807, 2.05) is 6.92 Å². The number of fused-ring (bicyclic) bond motifs is 1. The molecule has 17 heavy (non-hydrogen) atoms. The van der Waals surface area contributed by atoms with Crippen molar-refractivity contribution in [3.05, 3.63) is 0 Å². The third-order valence-electron chi connectivity index (χ3n) is 4.25. The highest BCUT2D eigenvalue weighted by Crippen LogP contribution is 2.24. The molecule has 2 aliphatic heterocycles. The zero-order chi connectivity index (χ0) is 12.4. The van der Waals surface area contributed by atoms with Crippen LogP contribution >= 0.6 is 0 Å². The third kappa shape index (κ3) is 2.63. The number of nitrogens with two attached hydrogens (primary N) is 1. The number of carbonyl (C=O) groups is 1. The molecule has 0 aromatic heterocycles. The lowest BCUT2D eigenvalue weighted by atomic mass is 9.96. The number of hydrogen-bond donors (Lipinski definition) is 1. The van der Waals surface area contributed by atoms with Crippen molar-refractivity contribution in [3.63, 3.8) is 0 Å². The number of piperazine rings is 1. The van der Waals surface area contributed by atoms with E-state index in [4.69, 9.17) is 5.73 Å². The molecule has 0 aromatic carbocycles. The Balaban J connectivity index is 2.01. The van der Waals surface area contributed by atoms with E-state index in [1.54, 1.807) is 0 Å². The molecule has 3 atom stereocenters. The second-order valence-corrected chi connectivity index (χ2v) is 5.62. The van der Waals surface area contributed by atoms with Crippen molar-refractivity contribution in [1.29, 1.82) is 0 Å². The van der Waals surface area contributed by atoms with Crippen LogP contribution in [0.15, 0.2) is 0 Å². The number of hydrogen-bond acceptors (Lipinski definition) is 3. The first-order valence-corrected chi connectivity index (χ1v) is 6.88. The van der Waals surface area contributed by atoms with Gasteiger partial charge in [-0.1, -0.05) is 13.3 Å². The monoisotopic (exact) mass is 239 g/mol. The van der Waals surface area contributed by atoms with Crippen LogP contribution in [-0.2, 0) is 4.79 Å². The Morgan fingerprint density at radius 1 is 1.41 bits per heavy atom. The Kier molecular flexibility index (Phi) is 4.05. The summed E-state index contributed by atoms with van der Waals surface area (Å²) >= 11 is 0. The van der Waals surface area contributed by atoms with E-state index in [1.165, 1.54) is 25.8 Å². The first kappa shape index (κ1) is 12.8. The molecule has 0 saturated carbocycles. The number of piperidine rings is 1. The molecular weight excluding hydrogens is 214 g/mol. The molecule has 0 radical (unpaired) electrons. The van der Waals surface area contributed by atoms with Crippen LogP contribution in [0.3, 0.4) is 0 Å².